The first-order valence-electron chi connectivity index (χ1n) is 12.7. The van der Waals surface area contributed by atoms with Gasteiger partial charge in [-0.2, -0.15) is 0 Å². The van der Waals surface area contributed by atoms with Crippen molar-refractivity contribution in [1.82, 2.24) is 0 Å². The summed E-state index contributed by atoms with van der Waals surface area (Å²) in [4.78, 5) is 0. The lowest BCUT2D eigenvalue weighted by atomic mass is 9.72. The van der Waals surface area contributed by atoms with Crippen LogP contribution in [0.15, 0.2) is 36.4 Å². The van der Waals surface area contributed by atoms with Gasteiger partial charge in [0.25, 0.3) is 0 Å². The normalized spacial score (nSPS) is 29.5. The number of hydrogen-bond donors (Lipinski definition) is 3. The maximum atomic E-state index is 12.1. The van der Waals surface area contributed by atoms with E-state index in [1.165, 1.54) is 7.11 Å². The summed E-state index contributed by atoms with van der Waals surface area (Å²) in [5.74, 6) is -0.474. The van der Waals surface area contributed by atoms with Crippen molar-refractivity contribution in [2.75, 3.05) is 26.9 Å². The van der Waals surface area contributed by atoms with Gasteiger partial charge in [0.2, 0.25) is 14.8 Å². The zero-order chi connectivity index (χ0) is 27.9. The van der Waals surface area contributed by atoms with Gasteiger partial charge in [0.15, 0.2) is 17.1 Å². The van der Waals surface area contributed by atoms with Crippen LogP contribution in [0.25, 0.3) is 0 Å². The van der Waals surface area contributed by atoms with E-state index in [9.17, 15) is 15.3 Å². The van der Waals surface area contributed by atoms with Gasteiger partial charge < -0.3 is 38.7 Å². The van der Waals surface area contributed by atoms with E-state index < -0.39 is 44.2 Å². The maximum absolute atomic E-state index is 12.1. The third kappa shape index (κ3) is 5.35. The monoisotopic (exact) mass is 565 g/mol. The van der Waals surface area contributed by atoms with Crippen molar-refractivity contribution in [1.29, 1.82) is 0 Å². The molecular weight excluding hydrogens is 528 g/mol. The van der Waals surface area contributed by atoms with Gasteiger partial charge in [-0.3, -0.25) is 0 Å². The second-order valence-corrected chi connectivity index (χ2v) is 13.8. The predicted octanol–water partition coefficient (Wildman–Crippen LogP) is 3.67. The summed E-state index contributed by atoms with van der Waals surface area (Å²) in [7, 11) is 0.149. The Kier molecular flexibility index (Phi) is 8.52. The fraction of sp³-hybridized carbons (Fsp3) is 0.571. The molecule has 3 N–H and O–H groups in total. The molecule has 2 aromatic rings. The molecule has 1 fully saturated rings. The van der Waals surface area contributed by atoms with Gasteiger partial charge in [0.1, 0.15) is 25.4 Å². The fourth-order valence-corrected chi connectivity index (χ4v) is 5.80. The molecule has 5 atom stereocenters. The first kappa shape index (κ1) is 29.3. The number of hydrogen-bond acceptors (Lipinski definition) is 8. The highest BCUT2D eigenvalue weighted by atomic mass is 35.5. The minimum atomic E-state index is -2.12. The Morgan fingerprint density at radius 3 is 2.37 bits per heavy atom. The van der Waals surface area contributed by atoms with Gasteiger partial charge in [0.05, 0.1) is 12.7 Å². The van der Waals surface area contributed by atoms with E-state index in [2.05, 4.69) is 0 Å². The molecule has 2 aliphatic rings. The highest BCUT2D eigenvalue weighted by Gasteiger charge is 2.67. The second kappa shape index (κ2) is 11.1. The molecule has 38 heavy (non-hydrogen) atoms. The lowest BCUT2D eigenvalue weighted by Gasteiger charge is -2.57. The number of aliphatic hydroxyl groups is 3. The summed E-state index contributed by atoms with van der Waals surface area (Å²) in [5, 5.41) is 35.0. The molecule has 209 valence electrons. The molecule has 0 bridgehead atoms. The van der Waals surface area contributed by atoms with Gasteiger partial charge in [-0.15, -0.1) is 0 Å². The fourth-order valence-electron chi connectivity index (χ4n) is 5.11. The Morgan fingerprint density at radius 2 is 1.74 bits per heavy atom. The van der Waals surface area contributed by atoms with Crippen LogP contribution in [0.1, 0.15) is 37.5 Å². The highest BCUT2D eigenvalue weighted by Crippen LogP contribution is 2.50. The topological polar surface area (TPSA) is 107 Å². The van der Waals surface area contributed by atoms with Crippen molar-refractivity contribution < 1.29 is 38.7 Å². The maximum Gasteiger partial charge on any atom is 0.229 e. The molecular formula is C28H38ClO8Si. The summed E-state index contributed by atoms with van der Waals surface area (Å²) >= 11 is 6.63. The highest BCUT2D eigenvalue weighted by molar-refractivity contribution is 6.48. The summed E-state index contributed by atoms with van der Waals surface area (Å²) in [5.41, 5.74) is -0.545. The molecule has 0 saturated carbocycles. The predicted molar refractivity (Wildman–Crippen MR) is 145 cm³/mol. The van der Waals surface area contributed by atoms with Gasteiger partial charge in [-0.05, 0) is 60.3 Å². The number of benzene rings is 2. The number of methoxy groups -OCH3 is 1. The molecule has 2 aliphatic heterocycles. The van der Waals surface area contributed by atoms with Crippen molar-refractivity contribution in [3.8, 4) is 11.5 Å². The van der Waals surface area contributed by atoms with E-state index in [-0.39, 0.29) is 6.61 Å². The minimum Gasteiger partial charge on any atom is -0.486 e. The molecule has 8 nitrogen and oxygen atoms in total. The molecule has 0 aliphatic carbocycles. The molecule has 1 radical (unpaired) electrons. The van der Waals surface area contributed by atoms with Gasteiger partial charge in [-0.25, -0.2) is 0 Å². The van der Waals surface area contributed by atoms with E-state index in [1.807, 2.05) is 58.1 Å². The van der Waals surface area contributed by atoms with E-state index in [4.69, 9.17) is 35.0 Å². The van der Waals surface area contributed by atoms with Gasteiger partial charge in [0, 0.05) is 17.7 Å². The number of aliphatic hydroxyl groups excluding tert-OH is 2. The number of halogens is 1. The van der Waals surface area contributed by atoms with E-state index >= 15 is 0 Å². The van der Waals surface area contributed by atoms with Crippen LogP contribution in [0.2, 0.25) is 18.1 Å². The molecule has 0 amide bonds. The summed E-state index contributed by atoms with van der Waals surface area (Å²) < 4.78 is 29.7. The Balaban J connectivity index is 1.79. The summed E-state index contributed by atoms with van der Waals surface area (Å²) in [6, 6.07) is 11.0. The van der Waals surface area contributed by atoms with Crippen LogP contribution < -0.4 is 9.47 Å². The lowest BCUT2D eigenvalue weighted by molar-refractivity contribution is -0.416. The molecule has 10 heteroatoms. The Morgan fingerprint density at radius 1 is 1.05 bits per heavy atom. The second-order valence-electron chi connectivity index (χ2n) is 11.2. The first-order valence-corrected chi connectivity index (χ1v) is 15.5. The van der Waals surface area contributed by atoms with Crippen LogP contribution in [0.3, 0.4) is 0 Å². The SMILES string of the molecule is COC1(c2ccc(Cl)c(Cc3ccc4c(c3)OCCO4)c2)O[C@H](C(C)(C)C)[C@@H](O)[C@H](O)[C@]1(O)CO[Si](C)C. The smallest absolute Gasteiger partial charge is 0.229 e. The van der Waals surface area contributed by atoms with Gasteiger partial charge in [-0.1, -0.05) is 44.5 Å². The first-order chi connectivity index (χ1) is 17.8. The van der Waals surface area contributed by atoms with Crippen molar-refractivity contribution in [3.63, 3.8) is 0 Å². The van der Waals surface area contributed by atoms with Crippen molar-refractivity contribution in [2.24, 2.45) is 5.41 Å². The third-order valence-electron chi connectivity index (χ3n) is 7.13. The molecule has 1 unspecified atom stereocenters. The van der Waals surface area contributed by atoms with E-state index in [0.29, 0.717) is 41.7 Å². The molecule has 4 rings (SSSR count). The van der Waals surface area contributed by atoms with E-state index in [1.54, 1.807) is 12.1 Å². The molecule has 0 aromatic heterocycles. The Hall–Kier alpha value is -1.69. The van der Waals surface area contributed by atoms with Crippen LogP contribution in [-0.2, 0) is 26.1 Å². The zero-order valence-electron chi connectivity index (χ0n) is 22.8. The molecule has 0 spiro atoms. The summed E-state index contributed by atoms with van der Waals surface area (Å²) in [6.45, 7) is 10.2. The lowest BCUT2D eigenvalue weighted by Crippen LogP contribution is -2.74. The van der Waals surface area contributed by atoms with Crippen LogP contribution in [0.5, 0.6) is 11.5 Å². The van der Waals surface area contributed by atoms with Crippen LogP contribution in [0, 0.1) is 5.41 Å². The average molecular weight is 566 g/mol. The summed E-state index contributed by atoms with van der Waals surface area (Å²) in [6.07, 6.45) is -3.38. The number of rotatable bonds is 7. The third-order valence-corrected chi connectivity index (χ3v) is 8.23. The van der Waals surface area contributed by atoms with E-state index in [0.717, 1.165) is 11.1 Å². The standard InChI is InChI=1S/C28H38ClO8Si/c1-26(2,3)25-23(30)24(31)27(32,16-36-38(5)6)28(33-4,37-25)19-8-9-20(29)18(15-19)13-17-7-10-21-22(14-17)35-12-11-34-21/h7-10,14-15,23-25,30-32H,11-13,16H2,1-6H3/t23-,24-,25-,27+,28?/m0/s1. The van der Waals surface area contributed by atoms with Crippen LogP contribution >= 0.6 is 11.6 Å². The van der Waals surface area contributed by atoms with Crippen molar-refractivity contribution in [2.45, 2.75) is 70.0 Å². The van der Waals surface area contributed by atoms with Crippen LogP contribution in [0.4, 0.5) is 0 Å². The minimum absolute atomic E-state index is 0.294. The Bertz CT molecular complexity index is 1140. The Labute approximate surface area is 231 Å². The average Bonchev–Trinajstić information content (AvgIpc) is 2.87. The molecule has 2 aromatic carbocycles. The van der Waals surface area contributed by atoms with Gasteiger partial charge >= 0.3 is 0 Å². The van der Waals surface area contributed by atoms with Crippen LogP contribution in [-0.4, -0.2) is 75.2 Å². The molecule has 2 heterocycles. The number of ether oxygens (including phenoxy) is 4. The largest absolute Gasteiger partial charge is 0.486 e. The molecule has 1 saturated heterocycles. The number of fused-ring (bicyclic) bond motifs is 1. The quantitative estimate of drug-likeness (QED) is 0.437. The van der Waals surface area contributed by atoms with Crippen molar-refractivity contribution >= 4 is 20.6 Å². The van der Waals surface area contributed by atoms with Crippen molar-refractivity contribution in [3.05, 3.63) is 58.1 Å². The zero-order valence-corrected chi connectivity index (χ0v) is 24.5.